The molecule has 0 radical (unpaired) electrons. The number of amides is 1. The third-order valence-corrected chi connectivity index (χ3v) is 4.05. The van der Waals surface area contributed by atoms with Crippen LogP contribution in [0.15, 0.2) is 24.3 Å². The normalized spacial score (nSPS) is 19.0. The average Bonchev–Trinajstić information content (AvgIpc) is 2.64. The van der Waals surface area contributed by atoms with E-state index in [-0.39, 0.29) is 24.4 Å². The van der Waals surface area contributed by atoms with Crippen LogP contribution < -0.4 is 15.5 Å². The van der Waals surface area contributed by atoms with Crippen LogP contribution in [0, 0.1) is 0 Å². The van der Waals surface area contributed by atoms with E-state index in [1.807, 2.05) is 52.0 Å². The van der Waals surface area contributed by atoms with Crippen molar-refractivity contribution >= 4 is 18.7 Å². The molecule has 0 aliphatic carbocycles. The highest BCUT2D eigenvalue weighted by molar-refractivity contribution is 6.62. The van der Waals surface area contributed by atoms with Crippen LogP contribution in [0.25, 0.3) is 0 Å². The Labute approximate surface area is 130 Å². The molecule has 1 aromatic rings. The van der Waals surface area contributed by atoms with Crippen LogP contribution in [0.1, 0.15) is 27.7 Å². The van der Waals surface area contributed by atoms with E-state index in [0.717, 1.165) is 5.46 Å². The van der Waals surface area contributed by atoms with Gasteiger partial charge in [0.25, 0.3) is 0 Å². The molecule has 1 saturated heterocycles. The third-order valence-electron chi connectivity index (χ3n) is 4.05. The highest BCUT2D eigenvalue weighted by atomic mass is 16.7. The van der Waals surface area contributed by atoms with Gasteiger partial charge in [0.2, 0.25) is 0 Å². The Hall–Kier alpha value is -1.73. The number of rotatable bonds is 5. The summed E-state index contributed by atoms with van der Waals surface area (Å²) in [5.74, 6) is 0.674. The zero-order chi connectivity index (χ0) is 16.4. The first-order valence-corrected chi connectivity index (χ1v) is 7.26. The molecule has 0 spiro atoms. The topological polar surface area (TPSA) is 77.0 Å². The van der Waals surface area contributed by atoms with Gasteiger partial charge >= 0.3 is 13.2 Å². The molecule has 1 aliphatic heterocycles. The van der Waals surface area contributed by atoms with E-state index in [1.165, 1.54) is 0 Å². The summed E-state index contributed by atoms with van der Waals surface area (Å²) in [6.07, 6.45) is -1.06. The van der Waals surface area contributed by atoms with Crippen molar-refractivity contribution in [3.05, 3.63) is 24.3 Å². The number of hydrogen-bond acceptors (Lipinski definition) is 4. The van der Waals surface area contributed by atoms with Crippen LogP contribution >= 0.6 is 0 Å². The van der Waals surface area contributed by atoms with E-state index in [0.29, 0.717) is 5.75 Å². The number of nitrogens with one attached hydrogen (secondary N) is 1. The zero-order valence-corrected chi connectivity index (χ0v) is 13.4. The van der Waals surface area contributed by atoms with E-state index < -0.39 is 13.2 Å². The number of carbonyl (C=O) groups is 1. The Morgan fingerprint density at radius 1 is 1.18 bits per heavy atom. The molecule has 0 aromatic heterocycles. The van der Waals surface area contributed by atoms with Crippen LogP contribution in [0.2, 0.25) is 0 Å². The Morgan fingerprint density at radius 3 is 2.23 bits per heavy atom. The summed E-state index contributed by atoms with van der Waals surface area (Å²) in [5.41, 5.74) is 0.194. The maximum absolute atomic E-state index is 10.3. The highest BCUT2D eigenvalue weighted by Gasteiger charge is 2.51. The van der Waals surface area contributed by atoms with Gasteiger partial charge in [-0.3, -0.25) is 0 Å². The fourth-order valence-electron chi connectivity index (χ4n) is 2.03. The molecule has 1 fully saturated rings. The van der Waals surface area contributed by atoms with Gasteiger partial charge in [-0.05, 0) is 45.3 Å². The van der Waals surface area contributed by atoms with Crippen molar-refractivity contribution in [2.75, 3.05) is 13.2 Å². The quantitative estimate of drug-likeness (QED) is 0.639. The van der Waals surface area contributed by atoms with E-state index in [9.17, 15) is 4.79 Å². The monoisotopic (exact) mass is 307 g/mol. The van der Waals surface area contributed by atoms with Crippen molar-refractivity contribution < 1.29 is 23.9 Å². The molecular weight excluding hydrogens is 285 g/mol. The second kappa shape index (κ2) is 6.18. The summed E-state index contributed by atoms with van der Waals surface area (Å²) in [5, 5.41) is 10.7. The summed E-state index contributed by atoms with van der Waals surface area (Å²) < 4.78 is 17.4. The lowest BCUT2D eigenvalue weighted by Gasteiger charge is -2.32. The molecule has 6 nitrogen and oxygen atoms in total. The van der Waals surface area contributed by atoms with Crippen molar-refractivity contribution in [3.8, 4) is 5.75 Å². The van der Waals surface area contributed by atoms with Crippen molar-refractivity contribution in [2.24, 2.45) is 0 Å². The molecule has 1 aromatic carbocycles. The van der Waals surface area contributed by atoms with Gasteiger partial charge in [0, 0.05) is 0 Å². The molecule has 7 heteroatoms. The van der Waals surface area contributed by atoms with E-state index in [4.69, 9.17) is 19.2 Å². The molecule has 2 N–H and O–H groups in total. The Balaban J connectivity index is 1.91. The predicted octanol–water partition coefficient (Wildman–Crippen LogP) is 1.63. The van der Waals surface area contributed by atoms with Gasteiger partial charge in [0.1, 0.15) is 12.4 Å². The lowest BCUT2D eigenvalue weighted by molar-refractivity contribution is 0.00578. The first-order chi connectivity index (χ1) is 10.2. The Kier molecular flexibility index (Phi) is 4.67. The van der Waals surface area contributed by atoms with Crippen LogP contribution in [-0.4, -0.2) is 42.7 Å². The lowest BCUT2D eigenvalue weighted by atomic mass is 9.79. The second-order valence-corrected chi connectivity index (χ2v) is 6.24. The largest absolute Gasteiger partial charge is 0.494 e. The molecule has 0 unspecified atom stereocenters. The molecule has 1 aliphatic rings. The Morgan fingerprint density at radius 2 is 1.73 bits per heavy atom. The van der Waals surface area contributed by atoms with Gasteiger partial charge < -0.3 is 24.5 Å². The lowest BCUT2D eigenvalue weighted by Crippen LogP contribution is -2.41. The summed E-state index contributed by atoms with van der Waals surface area (Å²) in [6.45, 7) is 8.58. The smallest absolute Gasteiger partial charge is 0.492 e. The molecule has 120 valence electrons. The molecule has 0 atom stereocenters. The van der Waals surface area contributed by atoms with Gasteiger partial charge in [-0.2, -0.15) is 0 Å². The summed E-state index contributed by atoms with van der Waals surface area (Å²) in [4.78, 5) is 10.3. The maximum atomic E-state index is 10.3. The van der Waals surface area contributed by atoms with Gasteiger partial charge in [0.15, 0.2) is 0 Å². The van der Waals surface area contributed by atoms with Gasteiger partial charge in [-0.1, -0.05) is 12.1 Å². The number of ether oxygens (including phenoxy) is 1. The fourth-order valence-corrected chi connectivity index (χ4v) is 2.03. The third kappa shape index (κ3) is 3.72. The summed E-state index contributed by atoms with van der Waals surface area (Å²) in [6, 6.07) is 7.42. The summed E-state index contributed by atoms with van der Waals surface area (Å²) in [7, 11) is -0.396. The van der Waals surface area contributed by atoms with Crippen LogP contribution in [0.3, 0.4) is 0 Å². The minimum absolute atomic E-state index is 0.244. The van der Waals surface area contributed by atoms with Crippen molar-refractivity contribution in [2.45, 2.75) is 38.9 Å². The summed E-state index contributed by atoms with van der Waals surface area (Å²) >= 11 is 0. The second-order valence-electron chi connectivity index (χ2n) is 6.24. The molecule has 0 saturated carbocycles. The fraction of sp³-hybridized carbons (Fsp3) is 0.533. The molecule has 0 bridgehead atoms. The van der Waals surface area contributed by atoms with E-state index in [1.54, 1.807) is 0 Å². The van der Waals surface area contributed by atoms with Gasteiger partial charge in [-0.15, -0.1) is 0 Å². The number of hydrogen-bond donors (Lipinski definition) is 2. The molecule has 1 heterocycles. The SMILES string of the molecule is CC1(C)OB(c2ccc(OCCNC(=O)O)cc2)OC1(C)C. The Bertz CT molecular complexity index is 513. The van der Waals surface area contributed by atoms with Crippen LogP contribution in [0.4, 0.5) is 4.79 Å². The van der Waals surface area contributed by atoms with E-state index in [2.05, 4.69) is 5.32 Å². The molecule has 22 heavy (non-hydrogen) atoms. The number of benzene rings is 1. The van der Waals surface area contributed by atoms with Crippen molar-refractivity contribution in [1.82, 2.24) is 5.32 Å². The van der Waals surface area contributed by atoms with Crippen molar-refractivity contribution in [1.29, 1.82) is 0 Å². The van der Waals surface area contributed by atoms with Crippen molar-refractivity contribution in [3.63, 3.8) is 0 Å². The van der Waals surface area contributed by atoms with Gasteiger partial charge in [0.05, 0.1) is 17.7 Å². The molecule has 2 rings (SSSR count). The molecule has 1 amide bonds. The molecular formula is C15H22BNO5. The number of carboxylic acid groups (broad SMARTS) is 1. The van der Waals surface area contributed by atoms with Gasteiger partial charge in [-0.25, -0.2) is 4.79 Å². The van der Waals surface area contributed by atoms with E-state index >= 15 is 0 Å². The average molecular weight is 307 g/mol. The zero-order valence-electron chi connectivity index (χ0n) is 13.4. The highest BCUT2D eigenvalue weighted by Crippen LogP contribution is 2.36. The van der Waals surface area contributed by atoms with Crippen LogP contribution in [-0.2, 0) is 9.31 Å². The standard InChI is InChI=1S/C15H22BNO5/c1-14(2)15(3,4)22-16(21-14)11-5-7-12(8-6-11)20-10-9-17-13(18)19/h5-8,17H,9-10H2,1-4H3,(H,18,19). The van der Waals surface area contributed by atoms with Crippen LogP contribution in [0.5, 0.6) is 5.75 Å². The first-order valence-electron chi connectivity index (χ1n) is 7.26. The minimum atomic E-state index is -1.06. The minimum Gasteiger partial charge on any atom is -0.492 e. The first kappa shape index (κ1) is 16.6. The predicted molar refractivity (Wildman–Crippen MR) is 83.7 cm³/mol. The maximum Gasteiger partial charge on any atom is 0.494 e.